The van der Waals surface area contributed by atoms with Crippen molar-refractivity contribution in [2.24, 2.45) is 17.3 Å². The van der Waals surface area contributed by atoms with E-state index in [1.807, 2.05) is 6.07 Å². The standard InChI is InChI=1S/C21H30O3/c1-3-9-21(24)12-16-14(15-5-4-13(22)11-18(15)21)8-10-20(2)17(16)6-7-19(20)23/h4-5,11,14,16-17,19,22-24H,3,6-10,12H2,1-2H3/t14-,16-,17+,19+,20+,21?/m1/s1. The molecule has 0 bridgehead atoms. The fourth-order valence-electron chi connectivity index (χ4n) is 6.35. The molecule has 24 heavy (non-hydrogen) atoms. The molecular weight excluding hydrogens is 300 g/mol. The summed E-state index contributed by atoms with van der Waals surface area (Å²) in [6.07, 6.45) is 6.36. The number of hydrogen-bond acceptors (Lipinski definition) is 3. The van der Waals surface area contributed by atoms with Gasteiger partial charge in [-0.3, -0.25) is 0 Å². The topological polar surface area (TPSA) is 60.7 Å². The molecule has 132 valence electrons. The zero-order chi connectivity index (χ0) is 17.1. The molecule has 1 unspecified atom stereocenters. The molecule has 0 spiro atoms. The molecule has 3 aliphatic rings. The maximum atomic E-state index is 11.5. The Morgan fingerprint density at radius 1 is 1.21 bits per heavy atom. The summed E-state index contributed by atoms with van der Waals surface area (Å²) in [7, 11) is 0. The van der Waals surface area contributed by atoms with Crippen LogP contribution in [0.1, 0.15) is 75.8 Å². The molecule has 1 aromatic rings. The fraction of sp³-hybridized carbons (Fsp3) is 0.714. The summed E-state index contributed by atoms with van der Waals surface area (Å²) in [6.45, 7) is 4.37. The van der Waals surface area contributed by atoms with Crippen molar-refractivity contribution < 1.29 is 15.3 Å². The molecular formula is C21H30O3. The Bertz CT molecular complexity index is 642. The summed E-state index contributed by atoms with van der Waals surface area (Å²) in [6, 6.07) is 5.60. The van der Waals surface area contributed by atoms with E-state index in [9.17, 15) is 15.3 Å². The van der Waals surface area contributed by atoms with Gasteiger partial charge in [-0.1, -0.05) is 26.3 Å². The molecule has 3 aliphatic carbocycles. The fourth-order valence-corrected chi connectivity index (χ4v) is 6.35. The average Bonchev–Trinajstić information content (AvgIpc) is 2.84. The lowest BCUT2D eigenvalue weighted by atomic mass is 9.53. The van der Waals surface area contributed by atoms with Crippen molar-refractivity contribution in [2.45, 2.75) is 76.4 Å². The molecule has 3 N–H and O–H groups in total. The quantitative estimate of drug-likeness (QED) is 0.766. The molecule has 6 atom stereocenters. The SMILES string of the molecule is CCCC1(O)C[C@@H]2[C@H](CC[C@]3(C)[C@@H](O)CC[C@@H]23)c2ccc(O)cc21. The summed E-state index contributed by atoms with van der Waals surface area (Å²) >= 11 is 0. The third kappa shape index (κ3) is 2.17. The second-order valence-corrected chi connectivity index (χ2v) is 8.77. The van der Waals surface area contributed by atoms with Gasteiger partial charge in [-0.2, -0.15) is 0 Å². The van der Waals surface area contributed by atoms with Crippen LogP contribution in [0.4, 0.5) is 0 Å². The van der Waals surface area contributed by atoms with E-state index >= 15 is 0 Å². The minimum absolute atomic E-state index is 0.0166. The van der Waals surface area contributed by atoms with Crippen LogP contribution in [0.25, 0.3) is 0 Å². The molecule has 1 aromatic carbocycles. The minimum atomic E-state index is -0.838. The number of aliphatic hydroxyl groups excluding tert-OH is 1. The highest BCUT2D eigenvalue weighted by atomic mass is 16.3. The van der Waals surface area contributed by atoms with Gasteiger partial charge in [0.1, 0.15) is 5.75 Å². The number of fused-ring (bicyclic) bond motifs is 5. The zero-order valence-electron chi connectivity index (χ0n) is 14.8. The van der Waals surface area contributed by atoms with Crippen LogP contribution in [0, 0.1) is 17.3 Å². The van der Waals surface area contributed by atoms with E-state index in [1.165, 1.54) is 5.56 Å². The van der Waals surface area contributed by atoms with Gasteiger partial charge in [0.15, 0.2) is 0 Å². The summed E-state index contributed by atoms with van der Waals surface area (Å²) in [5.41, 5.74) is 1.37. The third-order valence-electron chi connectivity index (χ3n) is 7.56. The Hall–Kier alpha value is -1.06. The number of phenols is 1. The smallest absolute Gasteiger partial charge is 0.115 e. The lowest BCUT2D eigenvalue weighted by Gasteiger charge is -2.53. The lowest BCUT2D eigenvalue weighted by molar-refractivity contribution is -0.0730. The molecule has 0 heterocycles. The molecule has 4 rings (SSSR count). The molecule has 2 saturated carbocycles. The highest BCUT2D eigenvalue weighted by Gasteiger charge is 2.57. The summed E-state index contributed by atoms with van der Waals surface area (Å²) in [5, 5.41) is 32.0. The van der Waals surface area contributed by atoms with Gasteiger partial charge in [0.25, 0.3) is 0 Å². The first kappa shape index (κ1) is 16.4. The molecule has 0 saturated heterocycles. The van der Waals surface area contributed by atoms with Crippen LogP contribution in [0.3, 0.4) is 0 Å². The van der Waals surface area contributed by atoms with Crippen molar-refractivity contribution in [1.29, 1.82) is 0 Å². The second kappa shape index (κ2) is 5.47. The predicted molar refractivity (Wildman–Crippen MR) is 93.8 cm³/mol. The van der Waals surface area contributed by atoms with Gasteiger partial charge in [0, 0.05) is 0 Å². The Labute approximate surface area is 144 Å². The number of aliphatic hydroxyl groups is 2. The molecule has 2 fully saturated rings. The van der Waals surface area contributed by atoms with Crippen LogP contribution in [-0.2, 0) is 5.60 Å². The monoisotopic (exact) mass is 330 g/mol. The molecule has 0 aliphatic heterocycles. The van der Waals surface area contributed by atoms with Gasteiger partial charge in [-0.05, 0) is 85.0 Å². The Morgan fingerprint density at radius 2 is 2.00 bits per heavy atom. The second-order valence-electron chi connectivity index (χ2n) is 8.77. The van der Waals surface area contributed by atoms with Gasteiger partial charge in [0.05, 0.1) is 11.7 Å². The number of rotatable bonds is 2. The molecule has 3 heteroatoms. The number of benzene rings is 1. The zero-order valence-corrected chi connectivity index (χ0v) is 14.8. The minimum Gasteiger partial charge on any atom is -0.508 e. The van der Waals surface area contributed by atoms with Crippen molar-refractivity contribution in [3.63, 3.8) is 0 Å². The average molecular weight is 330 g/mol. The highest BCUT2D eigenvalue weighted by molar-refractivity contribution is 5.44. The number of hydrogen-bond donors (Lipinski definition) is 3. The first-order chi connectivity index (χ1) is 11.4. The third-order valence-corrected chi connectivity index (χ3v) is 7.56. The van der Waals surface area contributed by atoms with Crippen molar-refractivity contribution >= 4 is 0 Å². The molecule has 0 amide bonds. The van der Waals surface area contributed by atoms with Crippen molar-refractivity contribution in [2.75, 3.05) is 0 Å². The van der Waals surface area contributed by atoms with Gasteiger partial charge in [0.2, 0.25) is 0 Å². The van der Waals surface area contributed by atoms with E-state index in [-0.39, 0.29) is 17.3 Å². The first-order valence-electron chi connectivity index (χ1n) is 9.63. The molecule has 3 nitrogen and oxygen atoms in total. The van der Waals surface area contributed by atoms with E-state index in [4.69, 9.17) is 0 Å². The summed E-state index contributed by atoms with van der Waals surface area (Å²) < 4.78 is 0. The van der Waals surface area contributed by atoms with Gasteiger partial charge in [-0.25, -0.2) is 0 Å². The van der Waals surface area contributed by atoms with E-state index in [2.05, 4.69) is 13.8 Å². The molecule has 0 aromatic heterocycles. The molecule has 0 radical (unpaired) electrons. The van der Waals surface area contributed by atoms with Gasteiger partial charge < -0.3 is 15.3 Å². The van der Waals surface area contributed by atoms with Crippen molar-refractivity contribution in [3.8, 4) is 5.75 Å². The van der Waals surface area contributed by atoms with E-state index in [1.54, 1.807) is 12.1 Å². The van der Waals surface area contributed by atoms with E-state index in [0.29, 0.717) is 17.8 Å². The maximum absolute atomic E-state index is 11.5. The highest BCUT2D eigenvalue weighted by Crippen LogP contribution is 2.63. The van der Waals surface area contributed by atoms with Gasteiger partial charge >= 0.3 is 0 Å². The number of phenolic OH excluding ortho intramolecular Hbond substituents is 1. The van der Waals surface area contributed by atoms with Crippen LogP contribution in [0.15, 0.2) is 18.2 Å². The lowest BCUT2D eigenvalue weighted by Crippen LogP contribution is -2.48. The Morgan fingerprint density at radius 3 is 2.75 bits per heavy atom. The summed E-state index contributed by atoms with van der Waals surface area (Å²) in [4.78, 5) is 0. The maximum Gasteiger partial charge on any atom is 0.115 e. The van der Waals surface area contributed by atoms with Crippen LogP contribution < -0.4 is 0 Å². The van der Waals surface area contributed by atoms with Crippen molar-refractivity contribution in [1.82, 2.24) is 0 Å². The van der Waals surface area contributed by atoms with Crippen LogP contribution >= 0.6 is 0 Å². The predicted octanol–water partition coefficient (Wildman–Crippen LogP) is 4.05. The Balaban J connectivity index is 1.80. The van der Waals surface area contributed by atoms with E-state index in [0.717, 1.165) is 50.5 Å². The van der Waals surface area contributed by atoms with E-state index < -0.39 is 5.60 Å². The summed E-state index contributed by atoms with van der Waals surface area (Å²) in [5.74, 6) is 1.64. The van der Waals surface area contributed by atoms with Crippen LogP contribution in [0.2, 0.25) is 0 Å². The largest absolute Gasteiger partial charge is 0.508 e. The van der Waals surface area contributed by atoms with Crippen molar-refractivity contribution in [3.05, 3.63) is 29.3 Å². The van der Waals surface area contributed by atoms with Crippen LogP contribution in [-0.4, -0.2) is 21.4 Å². The Kier molecular flexibility index (Phi) is 3.74. The van der Waals surface area contributed by atoms with Crippen LogP contribution in [0.5, 0.6) is 5.75 Å². The van der Waals surface area contributed by atoms with Gasteiger partial charge in [-0.15, -0.1) is 0 Å². The number of aromatic hydroxyl groups is 1. The normalized spacial score (nSPS) is 43.8. The first-order valence-corrected chi connectivity index (χ1v) is 9.63.